The maximum Gasteiger partial charge on any atom is 0.0669 e. The standard InChI is InChI=1S/C16H28O2/c1-8-9(2)11-6-10(8)12-7-16(5,15(3,4)18)14(17)13(11)12/h8-14,17-18H,6-7H2,1-5H3. The molecule has 0 spiro atoms. The Morgan fingerprint density at radius 3 is 2.17 bits per heavy atom. The number of aliphatic hydroxyl groups is 2. The van der Waals surface area contributed by atoms with Crippen molar-refractivity contribution in [2.75, 3.05) is 0 Å². The van der Waals surface area contributed by atoms with Gasteiger partial charge in [-0.2, -0.15) is 0 Å². The highest BCUT2D eigenvalue weighted by atomic mass is 16.3. The maximum absolute atomic E-state index is 10.8. The molecular weight excluding hydrogens is 224 g/mol. The maximum atomic E-state index is 10.8. The lowest BCUT2D eigenvalue weighted by molar-refractivity contribution is -0.113. The zero-order valence-corrected chi connectivity index (χ0v) is 12.4. The molecule has 2 heteroatoms. The van der Waals surface area contributed by atoms with E-state index in [1.165, 1.54) is 6.42 Å². The minimum atomic E-state index is -0.789. The van der Waals surface area contributed by atoms with E-state index in [1.54, 1.807) is 0 Å². The number of rotatable bonds is 1. The van der Waals surface area contributed by atoms with E-state index >= 15 is 0 Å². The minimum absolute atomic E-state index is 0.326. The fraction of sp³-hybridized carbons (Fsp3) is 1.00. The van der Waals surface area contributed by atoms with Gasteiger partial charge in [0.05, 0.1) is 11.7 Å². The zero-order valence-electron chi connectivity index (χ0n) is 12.4. The van der Waals surface area contributed by atoms with Gasteiger partial charge < -0.3 is 10.2 Å². The summed E-state index contributed by atoms with van der Waals surface area (Å²) in [7, 11) is 0. The molecule has 2 bridgehead atoms. The third-order valence-electron chi connectivity index (χ3n) is 7.34. The van der Waals surface area contributed by atoms with Crippen LogP contribution in [0.4, 0.5) is 0 Å². The number of hydrogen-bond donors (Lipinski definition) is 2. The molecule has 0 aromatic carbocycles. The lowest BCUT2D eigenvalue weighted by Crippen LogP contribution is -2.48. The summed E-state index contributed by atoms with van der Waals surface area (Å²) in [6.45, 7) is 10.6. The largest absolute Gasteiger partial charge is 0.392 e. The van der Waals surface area contributed by atoms with E-state index < -0.39 is 5.60 Å². The van der Waals surface area contributed by atoms with Gasteiger partial charge in [0.25, 0.3) is 0 Å². The van der Waals surface area contributed by atoms with Crippen LogP contribution in [0.15, 0.2) is 0 Å². The average Bonchev–Trinajstić information content (AvgIpc) is 2.82. The van der Waals surface area contributed by atoms with Crippen LogP contribution in [0.25, 0.3) is 0 Å². The van der Waals surface area contributed by atoms with Crippen molar-refractivity contribution < 1.29 is 10.2 Å². The van der Waals surface area contributed by atoms with Crippen LogP contribution in [0, 0.1) is 40.9 Å². The molecule has 104 valence electrons. The molecule has 3 saturated carbocycles. The Morgan fingerprint density at radius 1 is 1.06 bits per heavy atom. The summed E-state index contributed by atoms with van der Waals surface area (Å²) in [5, 5.41) is 21.3. The highest BCUT2D eigenvalue weighted by molar-refractivity contribution is 5.15. The van der Waals surface area contributed by atoms with E-state index in [1.807, 2.05) is 13.8 Å². The van der Waals surface area contributed by atoms with Gasteiger partial charge in [0.1, 0.15) is 0 Å². The van der Waals surface area contributed by atoms with Crippen LogP contribution in [0.3, 0.4) is 0 Å². The van der Waals surface area contributed by atoms with Crippen molar-refractivity contribution in [1.82, 2.24) is 0 Å². The molecule has 0 saturated heterocycles. The Morgan fingerprint density at radius 2 is 1.61 bits per heavy atom. The number of hydrogen-bond acceptors (Lipinski definition) is 2. The molecule has 0 heterocycles. The van der Waals surface area contributed by atoms with Gasteiger partial charge in [-0.1, -0.05) is 20.8 Å². The third-order valence-corrected chi connectivity index (χ3v) is 7.34. The Kier molecular flexibility index (Phi) is 2.53. The van der Waals surface area contributed by atoms with Gasteiger partial charge in [0.2, 0.25) is 0 Å². The van der Waals surface area contributed by atoms with E-state index in [0.29, 0.717) is 17.8 Å². The Hall–Kier alpha value is -0.0800. The molecule has 18 heavy (non-hydrogen) atoms. The molecule has 0 radical (unpaired) electrons. The van der Waals surface area contributed by atoms with E-state index in [9.17, 15) is 10.2 Å². The van der Waals surface area contributed by atoms with Crippen LogP contribution in [0.2, 0.25) is 0 Å². The van der Waals surface area contributed by atoms with Gasteiger partial charge in [-0.3, -0.25) is 0 Å². The summed E-state index contributed by atoms with van der Waals surface area (Å²) >= 11 is 0. The van der Waals surface area contributed by atoms with Gasteiger partial charge in [0, 0.05) is 5.41 Å². The van der Waals surface area contributed by atoms with Crippen molar-refractivity contribution in [2.45, 2.75) is 59.2 Å². The second-order valence-electron chi connectivity index (χ2n) is 8.15. The molecule has 8 unspecified atom stereocenters. The van der Waals surface area contributed by atoms with Crippen molar-refractivity contribution in [3.05, 3.63) is 0 Å². The van der Waals surface area contributed by atoms with Crippen molar-refractivity contribution >= 4 is 0 Å². The quantitative estimate of drug-likeness (QED) is 0.753. The first-order valence-corrected chi connectivity index (χ1v) is 7.59. The fourth-order valence-corrected chi connectivity index (χ4v) is 5.60. The molecular formula is C16H28O2. The lowest BCUT2D eigenvalue weighted by Gasteiger charge is -2.42. The second-order valence-corrected chi connectivity index (χ2v) is 8.15. The fourth-order valence-electron chi connectivity index (χ4n) is 5.60. The second kappa shape index (κ2) is 3.52. The third kappa shape index (κ3) is 1.31. The van der Waals surface area contributed by atoms with Crippen molar-refractivity contribution in [3.8, 4) is 0 Å². The van der Waals surface area contributed by atoms with Gasteiger partial charge in [-0.05, 0) is 62.2 Å². The summed E-state index contributed by atoms with van der Waals surface area (Å²) in [5.74, 6) is 4.11. The van der Waals surface area contributed by atoms with Crippen LogP contribution < -0.4 is 0 Å². The highest BCUT2D eigenvalue weighted by Crippen LogP contribution is 2.68. The van der Waals surface area contributed by atoms with Crippen molar-refractivity contribution in [1.29, 1.82) is 0 Å². The summed E-state index contributed by atoms with van der Waals surface area (Å²) in [4.78, 5) is 0. The predicted octanol–water partition coefficient (Wildman–Crippen LogP) is 2.68. The topological polar surface area (TPSA) is 40.5 Å². The van der Waals surface area contributed by atoms with Crippen LogP contribution in [-0.2, 0) is 0 Å². The summed E-state index contributed by atoms with van der Waals surface area (Å²) < 4.78 is 0. The molecule has 8 atom stereocenters. The lowest BCUT2D eigenvalue weighted by atomic mass is 9.69. The smallest absolute Gasteiger partial charge is 0.0669 e. The molecule has 2 N–H and O–H groups in total. The first-order chi connectivity index (χ1) is 8.18. The predicted molar refractivity (Wildman–Crippen MR) is 71.9 cm³/mol. The molecule has 0 aromatic heterocycles. The van der Waals surface area contributed by atoms with E-state index in [-0.39, 0.29) is 11.5 Å². The summed E-state index contributed by atoms with van der Waals surface area (Å²) in [6, 6.07) is 0. The SMILES string of the molecule is CC1C(C)C2CC1C1CC(C)(C(C)(C)O)C(O)C21. The molecule has 3 fully saturated rings. The normalized spacial score (nSPS) is 59.2. The van der Waals surface area contributed by atoms with Crippen LogP contribution in [-0.4, -0.2) is 21.9 Å². The van der Waals surface area contributed by atoms with Crippen LogP contribution in [0.1, 0.15) is 47.5 Å². The Balaban J connectivity index is 1.94. The van der Waals surface area contributed by atoms with Crippen molar-refractivity contribution in [2.24, 2.45) is 40.9 Å². The molecule has 0 amide bonds. The Bertz CT molecular complexity index is 359. The zero-order chi connectivity index (χ0) is 13.5. The van der Waals surface area contributed by atoms with Crippen LogP contribution in [0.5, 0.6) is 0 Å². The highest BCUT2D eigenvalue weighted by Gasteiger charge is 2.66. The molecule has 3 aliphatic carbocycles. The molecule has 3 rings (SSSR count). The minimum Gasteiger partial charge on any atom is -0.392 e. The van der Waals surface area contributed by atoms with Gasteiger partial charge in [0.15, 0.2) is 0 Å². The molecule has 3 aliphatic rings. The molecule has 0 aliphatic heterocycles. The van der Waals surface area contributed by atoms with Crippen LogP contribution >= 0.6 is 0 Å². The van der Waals surface area contributed by atoms with E-state index in [0.717, 1.165) is 24.2 Å². The number of fused-ring (bicyclic) bond motifs is 5. The van der Waals surface area contributed by atoms with Gasteiger partial charge >= 0.3 is 0 Å². The molecule has 0 aromatic rings. The first-order valence-electron chi connectivity index (χ1n) is 7.59. The Labute approximate surface area is 111 Å². The number of aliphatic hydroxyl groups excluding tert-OH is 1. The monoisotopic (exact) mass is 252 g/mol. The van der Waals surface area contributed by atoms with E-state index in [2.05, 4.69) is 20.8 Å². The summed E-state index contributed by atoms with van der Waals surface area (Å²) in [5.41, 5.74) is -1.12. The van der Waals surface area contributed by atoms with E-state index in [4.69, 9.17) is 0 Å². The first kappa shape index (κ1) is 12.9. The molecule has 2 nitrogen and oxygen atoms in total. The van der Waals surface area contributed by atoms with Gasteiger partial charge in [-0.25, -0.2) is 0 Å². The van der Waals surface area contributed by atoms with Gasteiger partial charge in [-0.15, -0.1) is 0 Å². The summed E-state index contributed by atoms with van der Waals surface area (Å²) in [6.07, 6.45) is 1.99. The van der Waals surface area contributed by atoms with Crippen molar-refractivity contribution in [3.63, 3.8) is 0 Å². The average molecular weight is 252 g/mol.